The van der Waals surface area contributed by atoms with Crippen molar-refractivity contribution in [1.29, 1.82) is 0 Å². The van der Waals surface area contributed by atoms with Gasteiger partial charge in [-0.3, -0.25) is 10.00 Å². The van der Waals surface area contributed by atoms with Crippen molar-refractivity contribution in [2.75, 3.05) is 24.5 Å². The molecule has 0 spiro atoms. The van der Waals surface area contributed by atoms with Crippen LogP contribution in [0.15, 0.2) is 0 Å². The summed E-state index contributed by atoms with van der Waals surface area (Å²) in [5, 5.41) is 9.65. The van der Waals surface area contributed by atoms with Crippen LogP contribution in [0.2, 0.25) is 5.15 Å². The molecule has 0 unspecified atom stereocenters. The number of H-pyrrole nitrogens is 1. The molecular formula is C17H22ClN5S. The van der Waals surface area contributed by atoms with Crippen LogP contribution in [-0.4, -0.2) is 39.7 Å². The first-order valence-electron chi connectivity index (χ1n) is 8.96. The van der Waals surface area contributed by atoms with Crippen molar-refractivity contribution in [2.24, 2.45) is 0 Å². The van der Waals surface area contributed by atoms with E-state index in [0.717, 1.165) is 44.3 Å². The van der Waals surface area contributed by atoms with Gasteiger partial charge in [0.15, 0.2) is 5.13 Å². The summed E-state index contributed by atoms with van der Waals surface area (Å²) in [7, 11) is 0. The minimum Gasteiger partial charge on any atom is -0.348 e. The monoisotopic (exact) mass is 363 g/mol. The van der Waals surface area contributed by atoms with Gasteiger partial charge >= 0.3 is 0 Å². The van der Waals surface area contributed by atoms with Crippen LogP contribution in [0, 0.1) is 0 Å². The summed E-state index contributed by atoms with van der Waals surface area (Å²) in [5.41, 5.74) is 4.12. The summed E-state index contributed by atoms with van der Waals surface area (Å²) < 4.78 is 0. The first-order chi connectivity index (χ1) is 11.8. The average molecular weight is 364 g/mol. The molecule has 0 bridgehead atoms. The van der Waals surface area contributed by atoms with Crippen LogP contribution in [-0.2, 0) is 19.5 Å². The Kier molecular flexibility index (Phi) is 3.79. The van der Waals surface area contributed by atoms with Crippen LogP contribution >= 0.6 is 22.9 Å². The molecule has 0 atom stereocenters. The zero-order chi connectivity index (χ0) is 16.1. The van der Waals surface area contributed by atoms with E-state index in [1.807, 2.05) is 0 Å². The number of rotatable bonds is 4. The van der Waals surface area contributed by atoms with Gasteiger partial charge < -0.3 is 4.90 Å². The van der Waals surface area contributed by atoms with Crippen molar-refractivity contribution in [3.8, 4) is 0 Å². The predicted molar refractivity (Wildman–Crippen MR) is 97.0 cm³/mol. The summed E-state index contributed by atoms with van der Waals surface area (Å²) in [6.45, 7) is 5.20. The zero-order valence-electron chi connectivity index (χ0n) is 13.7. The smallest absolute Gasteiger partial charge is 0.187 e. The highest BCUT2D eigenvalue weighted by atomic mass is 35.5. The lowest BCUT2D eigenvalue weighted by Gasteiger charge is -2.26. The maximum absolute atomic E-state index is 6.44. The van der Waals surface area contributed by atoms with Gasteiger partial charge in [0.05, 0.1) is 10.6 Å². The second-order valence-electron chi connectivity index (χ2n) is 7.21. The van der Waals surface area contributed by atoms with Gasteiger partial charge in [-0.25, -0.2) is 4.98 Å². The standard InChI is InChI=1S/C17H22ClN5S/c18-16-14(24-17(19-16)23-6-1-2-7-23)10-22-8-5-13-12(9-22)15(21-20-13)11-3-4-11/h11H,1-10H2,(H,20,21). The van der Waals surface area contributed by atoms with E-state index in [1.54, 1.807) is 11.3 Å². The molecule has 3 aliphatic rings. The van der Waals surface area contributed by atoms with Crippen molar-refractivity contribution >= 4 is 28.1 Å². The lowest BCUT2D eigenvalue weighted by molar-refractivity contribution is 0.246. The molecule has 0 radical (unpaired) electrons. The van der Waals surface area contributed by atoms with Gasteiger partial charge in [0.25, 0.3) is 0 Å². The molecule has 1 saturated heterocycles. The number of nitrogens with one attached hydrogen (secondary N) is 1. The molecule has 1 N–H and O–H groups in total. The molecule has 2 aromatic heterocycles. The summed E-state index contributed by atoms with van der Waals surface area (Å²) in [4.78, 5) is 10.7. The van der Waals surface area contributed by atoms with Crippen molar-refractivity contribution in [2.45, 2.75) is 51.1 Å². The Morgan fingerprint density at radius 3 is 2.83 bits per heavy atom. The molecule has 0 amide bonds. The zero-order valence-corrected chi connectivity index (χ0v) is 15.3. The van der Waals surface area contributed by atoms with Crippen LogP contribution < -0.4 is 4.90 Å². The second kappa shape index (κ2) is 6.00. The number of nitrogens with zero attached hydrogens (tertiary/aromatic N) is 4. The molecule has 2 aromatic rings. The molecule has 4 heterocycles. The maximum Gasteiger partial charge on any atom is 0.187 e. The highest BCUT2D eigenvalue weighted by Gasteiger charge is 2.32. The quantitative estimate of drug-likeness (QED) is 0.902. The van der Waals surface area contributed by atoms with Crippen molar-refractivity contribution < 1.29 is 0 Å². The first-order valence-corrected chi connectivity index (χ1v) is 10.2. The van der Waals surface area contributed by atoms with Crippen LogP contribution in [0.25, 0.3) is 0 Å². The molecule has 7 heteroatoms. The molecule has 0 aromatic carbocycles. The van der Waals surface area contributed by atoms with Gasteiger partial charge in [-0.05, 0) is 25.7 Å². The largest absolute Gasteiger partial charge is 0.348 e. The fourth-order valence-electron chi connectivity index (χ4n) is 3.87. The van der Waals surface area contributed by atoms with Gasteiger partial charge in [-0.1, -0.05) is 22.9 Å². The van der Waals surface area contributed by atoms with Crippen LogP contribution in [0.1, 0.15) is 53.4 Å². The predicted octanol–water partition coefficient (Wildman–Crippen LogP) is 3.56. The Balaban J connectivity index is 1.32. The van der Waals surface area contributed by atoms with Gasteiger partial charge in [0, 0.05) is 56.3 Å². The fraction of sp³-hybridized carbons (Fsp3) is 0.647. The highest BCUT2D eigenvalue weighted by molar-refractivity contribution is 7.16. The van der Waals surface area contributed by atoms with E-state index in [1.165, 1.54) is 47.5 Å². The van der Waals surface area contributed by atoms with Crippen molar-refractivity contribution in [3.63, 3.8) is 0 Å². The van der Waals surface area contributed by atoms with Crippen LogP contribution in [0.4, 0.5) is 5.13 Å². The third-order valence-corrected chi connectivity index (χ3v) is 6.92. The number of fused-ring (bicyclic) bond motifs is 1. The van der Waals surface area contributed by atoms with E-state index in [9.17, 15) is 0 Å². The Morgan fingerprint density at radius 1 is 1.21 bits per heavy atom. The second-order valence-corrected chi connectivity index (χ2v) is 8.63. The Bertz CT molecular complexity index is 744. The van der Waals surface area contributed by atoms with Gasteiger partial charge in [0.2, 0.25) is 0 Å². The maximum atomic E-state index is 6.44. The normalized spacial score (nSPS) is 21.5. The molecule has 2 fully saturated rings. The molecule has 1 saturated carbocycles. The Labute approximate surface area is 151 Å². The number of thiazole rings is 1. The molecule has 128 valence electrons. The van der Waals surface area contributed by atoms with E-state index in [-0.39, 0.29) is 0 Å². The number of halogens is 1. The highest BCUT2D eigenvalue weighted by Crippen LogP contribution is 2.42. The minimum absolute atomic E-state index is 0.697. The summed E-state index contributed by atoms with van der Waals surface area (Å²) in [5.74, 6) is 0.707. The number of aromatic amines is 1. The minimum atomic E-state index is 0.697. The van der Waals surface area contributed by atoms with Crippen LogP contribution in [0.5, 0.6) is 0 Å². The lowest BCUT2D eigenvalue weighted by atomic mass is 10.0. The SMILES string of the molecule is Clc1nc(N2CCCC2)sc1CN1CCc2[nH]nc(C3CC3)c2C1. The van der Waals surface area contributed by atoms with E-state index < -0.39 is 0 Å². The molecule has 1 aliphatic carbocycles. The molecular weight excluding hydrogens is 342 g/mol. The van der Waals surface area contributed by atoms with Gasteiger partial charge in [0.1, 0.15) is 5.15 Å². The molecule has 2 aliphatic heterocycles. The molecule has 24 heavy (non-hydrogen) atoms. The average Bonchev–Trinajstić information content (AvgIpc) is 3.00. The van der Waals surface area contributed by atoms with Gasteiger partial charge in [-0.2, -0.15) is 5.10 Å². The molecule has 5 rings (SSSR count). The number of hydrogen-bond donors (Lipinski definition) is 1. The summed E-state index contributed by atoms with van der Waals surface area (Å²) in [6, 6.07) is 0. The van der Waals surface area contributed by atoms with Crippen LogP contribution in [0.3, 0.4) is 0 Å². The number of anilines is 1. The molecule has 5 nitrogen and oxygen atoms in total. The lowest BCUT2D eigenvalue weighted by Crippen LogP contribution is -2.30. The summed E-state index contributed by atoms with van der Waals surface area (Å²) >= 11 is 8.22. The van der Waals surface area contributed by atoms with Gasteiger partial charge in [-0.15, -0.1) is 0 Å². The van der Waals surface area contributed by atoms with E-state index in [0.29, 0.717) is 11.1 Å². The van der Waals surface area contributed by atoms with E-state index in [4.69, 9.17) is 11.6 Å². The third-order valence-electron chi connectivity index (χ3n) is 5.39. The van der Waals surface area contributed by atoms with Crippen molar-refractivity contribution in [1.82, 2.24) is 20.1 Å². The first kappa shape index (κ1) is 15.2. The van der Waals surface area contributed by atoms with E-state index >= 15 is 0 Å². The van der Waals surface area contributed by atoms with E-state index in [2.05, 4.69) is 25.0 Å². The topological polar surface area (TPSA) is 48.1 Å². The fourth-order valence-corrected chi connectivity index (χ4v) is 5.22. The third kappa shape index (κ3) is 2.74. The number of hydrogen-bond acceptors (Lipinski definition) is 5. The Morgan fingerprint density at radius 2 is 2.04 bits per heavy atom. The summed E-state index contributed by atoms with van der Waals surface area (Å²) in [6.07, 6.45) is 6.20. The number of aromatic nitrogens is 3. The Hall–Kier alpha value is -1.11. The van der Waals surface area contributed by atoms with Crippen molar-refractivity contribution in [3.05, 3.63) is 27.0 Å².